The van der Waals surface area contributed by atoms with E-state index in [4.69, 9.17) is 4.74 Å². The maximum atomic E-state index is 5.50. The van der Waals surface area contributed by atoms with E-state index < -0.39 is 0 Å². The Labute approximate surface area is 90.6 Å². The molecule has 2 rings (SSSR count). The molecule has 15 heavy (non-hydrogen) atoms. The van der Waals surface area contributed by atoms with E-state index in [1.807, 2.05) is 13.1 Å². The molecule has 0 saturated carbocycles. The van der Waals surface area contributed by atoms with Crippen LogP contribution in [-0.4, -0.2) is 29.5 Å². The summed E-state index contributed by atoms with van der Waals surface area (Å²) < 4.78 is 7.57. The van der Waals surface area contributed by atoms with E-state index in [0.717, 1.165) is 32.8 Å². The van der Waals surface area contributed by atoms with E-state index in [1.54, 1.807) is 0 Å². The minimum Gasteiger partial charge on any atom is -0.381 e. The van der Waals surface area contributed by atoms with Crippen LogP contribution in [0.15, 0.2) is 6.20 Å². The lowest BCUT2D eigenvalue weighted by Gasteiger charge is -2.23. The van der Waals surface area contributed by atoms with Gasteiger partial charge in [-0.15, -0.1) is 0 Å². The maximum Gasteiger partial charge on any atom is 0.0558 e. The summed E-state index contributed by atoms with van der Waals surface area (Å²) in [6.07, 6.45) is 2.00. The van der Waals surface area contributed by atoms with Crippen molar-refractivity contribution in [3.8, 4) is 0 Å². The summed E-state index contributed by atoms with van der Waals surface area (Å²) in [6, 6.07) is 0. The Morgan fingerprint density at radius 2 is 2.47 bits per heavy atom. The Morgan fingerprint density at radius 3 is 3.20 bits per heavy atom. The molecule has 0 radical (unpaired) electrons. The van der Waals surface area contributed by atoms with Crippen molar-refractivity contribution in [3.63, 3.8) is 0 Å². The average Bonchev–Trinajstić information content (AvgIpc) is 2.69. The monoisotopic (exact) mass is 209 g/mol. The van der Waals surface area contributed by atoms with Crippen LogP contribution in [0.1, 0.15) is 31.0 Å². The molecule has 1 aliphatic rings. The fourth-order valence-corrected chi connectivity index (χ4v) is 2.12. The molecule has 1 atom stereocenters. The molecule has 0 spiro atoms. The van der Waals surface area contributed by atoms with E-state index in [-0.39, 0.29) is 0 Å². The van der Waals surface area contributed by atoms with Crippen molar-refractivity contribution < 1.29 is 4.74 Å². The number of hydrogen-bond donors (Lipinski definition) is 1. The number of ether oxygens (including phenoxy) is 1. The summed E-state index contributed by atoms with van der Waals surface area (Å²) in [5.74, 6) is 0.467. The van der Waals surface area contributed by atoms with Gasteiger partial charge in [0.1, 0.15) is 0 Å². The Bertz CT molecular complexity index is 322. The van der Waals surface area contributed by atoms with Crippen LogP contribution < -0.4 is 5.32 Å². The summed E-state index contributed by atoms with van der Waals surface area (Å²) in [4.78, 5) is 0. The van der Waals surface area contributed by atoms with Gasteiger partial charge in [0.05, 0.1) is 18.5 Å². The number of aromatic nitrogens is 2. The minimum atomic E-state index is 0.467. The highest BCUT2D eigenvalue weighted by molar-refractivity contribution is 5.25. The van der Waals surface area contributed by atoms with Gasteiger partial charge in [0.2, 0.25) is 0 Å². The topological polar surface area (TPSA) is 39.1 Å². The van der Waals surface area contributed by atoms with Crippen molar-refractivity contribution >= 4 is 0 Å². The van der Waals surface area contributed by atoms with Gasteiger partial charge in [-0.05, 0) is 13.8 Å². The van der Waals surface area contributed by atoms with Crippen LogP contribution in [-0.2, 0) is 17.8 Å². The third kappa shape index (κ3) is 2.06. The number of nitrogens with one attached hydrogen (secondary N) is 1. The average molecular weight is 209 g/mol. The van der Waals surface area contributed by atoms with Crippen molar-refractivity contribution in [1.82, 2.24) is 15.1 Å². The van der Waals surface area contributed by atoms with Gasteiger partial charge >= 0.3 is 0 Å². The molecule has 84 valence electrons. The van der Waals surface area contributed by atoms with Gasteiger partial charge in [0, 0.05) is 37.7 Å². The van der Waals surface area contributed by atoms with Gasteiger partial charge in [-0.2, -0.15) is 5.10 Å². The molecular formula is C11H19N3O. The van der Waals surface area contributed by atoms with Crippen molar-refractivity contribution in [2.45, 2.75) is 32.9 Å². The van der Waals surface area contributed by atoms with E-state index in [1.165, 1.54) is 11.3 Å². The zero-order valence-electron chi connectivity index (χ0n) is 9.49. The molecule has 0 fully saturated rings. The number of hydrogen-bond acceptors (Lipinski definition) is 3. The summed E-state index contributed by atoms with van der Waals surface area (Å²) in [7, 11) is 0. The molecule has 0 bridgehead atoms. The number of aryl methyl sites for hydroxylation is 1. The van der Waals surface area contributed by atoms with Crippen LogP contribution in [0.2, 0.25) is 0 Å². The standard InChI is InChI=1S/C11H19N3O/c1-3-14-11-7-12-5-9(8-15-4-2)10(11)6-13-14/h6,9,12H,3-5,7-8H2,1-2H3/t9-/m0/s1. The molecule has 4 heteroatoms. The summed E-state index contributed by atoms with van der Waals surface area (Å²) in [5.41, 5.74) is 2.69. The van der Waals surface area contributed by atoms with Crippen LogP contribution in [0.4, 0.5) is 0 Å². The molecule has 1 aromatic heterocycles. The van der Waals surface area contributed by atoms with E-state index in [9.17, 15) is 0 Å². The van der Waals surface area contributed by atoms with Crippen LogP contribution in [0.3, 0.4) is 0 Å². The predicted molar refractivity (Wildman–Crippen MR) is 58.8 cm³/mol. The molecule has 2 heterocycles. The molecule has 0 amide bonds. The number of nitrogens with zero attached hydrogens (tertiary/aromatic N) is 2. The predicted octanol–water partition coefficient (Wildman–Crippen LogP) is 1.13. The zero-order valence-corrected chi connectivity index (χ0v) is 9.49. The van der Waals surface area contributed by atoms with Gasteiger partial charge in [-0.1, -0.05) is 0 Å². The molecule has 0 unspecified atom stereocenters. The largest absolute Gasteiger partial charge is 0.381 e. The van der Waals surface area contributed by atoms with Gasteiger partial charge < -0.3 is 10.1 Å². The third-order valence-corrected chi connectivity index (χ3v) is 2.93. The second-order valence-electron chi connectivity index (χ2n) is 3.85. The van der Waals surface area contributed by atoms with E-state index >= 15 is 0 Å². The maximum absolute atomic E-state index is 5.50. The van der Waals surface area contributed by atoms with Gasteiger partial charge in [0.25, 0.3) is 0 Å². The molecular weight excluding hydrogens is 190 g/mol. The number of rotatable bonds is 4. The molecule has 0 aromatic carbocycles. The normalized spacial score (nSPS) is 20.3. The lowest BCUT2D eigenvalue weighted by Crippen LogP contribution is -2.31. The van der Waals surface area contributed by atoms with Gasteiger partial charge in [-0.25, -0.2) is 0 Å². The molecule has 1 N–H and O–H groups in total. The lowest BCUT2D eigenvalue weighted by atomic mass is 9.97. The fraction of sp³-hybridized carbons (Fsp3) is 0.727. The fourth-order valence-electron chi connectivity index (χ4n) is 2.12. The smallest absolute Gasteiger partial charge is 0.0558 e. The summed E-state index contributed by atoms with van der Waals surface area (Å²) in [6.45, 7) is 8.62. The van der Waals surface area contributed by atoms with E-state index in [2.05, 4.69) is 22.0 Å². The highest BCUT2D eigenvalue weighted by Crippen LogP contribution is 2.23. The summed E-state index contributed by atoms with van der Waals surface area (Å²) in [5, 5.41) is 7.82. The van der Waals surface area contributed by atoms with E-state index in [0.29, 0.717) is 5.92 Å². The first-order valence-corrected chi connectivity index (χ1v) is 5.69. The highest BCUT2D eigenvalue weighted by atomic mass is 16.5. The minimum absolute atomic E-state index is 0.467. The first kappa shape index (κ1) is 10.6. The second-order valence-corrected chi connectivity index (χ2v) is 3.85. The van der Waals surface area contributed by atoms with Crippen LogP contribution in [0.25, 0.3) is 0 Å². The lowest BCUT2D eigenvalue weighted by molar-refractivity contribution is 0.129. The Hall–Kier alpha value is -0.870. The van der Waals surface area contributed by atoms with Crippen molar-refractivity contribution in [3.05, 3.63) is 17.5 Å². The Kier molecular flexibility index (Phi) is 3.38. The van der Waals surface area contributed by atoms with Crippen LogP contribution >= 0.6 is 0 Å². The molecule has 0 saturated heterocycles. The van der Waals surface area contributed by atoms with Gasteiger partial charge in [0.15, 0.2) is 0 Å². The first-order chi connectivity index (χ1) is 7.36. The van der Waals surface area contributed by atoms with Gasteiger partial charge in [-0.3, -0.25) is 4.68 Å². The zero-order chi connectivity index (χ0) is 10.7. The Balaban J connectivity index is 2.15. The van der Waals surface area contributed by atoms with Crippen LogP contribution in [0, 0.1) is 0 Å². The van der Waals surface area contributed by atoms with Crippen LogP contribution in [0.5, 0.6) is 0 Å². The molecule has 0 aliphatic carbocycles. The van der Waals surface area contributed by atoms with Crippen molar-refractivity contribution in [2.24, 2.45) is 0 Å². The highest BCUT2D eigenvalue weighted by Gasteiger charge is 2.23. The third-order valence-electron chi connectivity index (χ3n) is 2.93. The molecule has 4 nitrogen and oxygen atoms in total. The quantitative estimate of drug-likeness (QED) is 0.808. The van der Waals surface area contributed by atoms with Crippen molar-refractivity contribution in [1.29, 1.82) is 0 Å². The first-order valence-electron chi connectivity index (χ1n) is 5.69. The number of fused-ring (bicyclic) bond motifs is 1. The SMILES string of the molecule is CCOC[C@@H]1CNCc2c1cnn2CC. The molecule has 1 aromatic rings. The summed E-state index contributed by atoms with van der Waals surface area (Å²) >= 11 is 0. The second kappa shape index (κ2) is 4.77. The van der Waals surface area contributed by atoms with Crippen molar-refractivity contribution in [2.75, 3.05) is 19.8 Å². The Morgan fingerprint density at radius 1 is 1.60 bits per heavy atom. The molecule has 1 aliphatic heterocycles.